The number of nitrogens with one attached hydrogen (secondary N) is 2. The first-order chi connectivity index (χ1) is 14.9. The van der Waals surface area contributed by atoms with Crippen LogP contribution in [0, 0.1) is 6.92 Å². The van der Waals surface area contributed by atoms with Crippen LogP contribution in [0.1, 0.15) is 55.7 Å². The fourth-order valence-electron chi connectivity index (χ4n) is 3.19. The number of alkyl carbamates (subject to hydrolysis) is 1. The molecule has 0 bridgehead atoms. The Bertz CT molecular complexity index is 1050. The van der Waals surface area contributed by atoms with Crippen LogP contribution in [-0.2, 0) is 10.3 Å². The third-order valence-corrected chi connectivity index (χ3v) is 5.80. The highest BCUT2D eigenvalue weighted by Gasteiger charge is 2.32. The number of amides is 2. The number of carbonyl (C=O) groups excluding carboxylic acids is 2. The maximum atomic E-state index is 12.6. The van der Waals surface area contributed by atoms with Gasteiger partial charge in [0.1, 0.15) is 11.3 Å². The summed E-state index contributed by atoms with van der Waals surface area (Å²) in [6, 6.07) is 9.04. The lowest BCUT2D eigenvalue weighted by atomic mass is 9.88. The Hall–Kier alpha value is -2.58. The van der Waals surface area contributed by atoms with Crippen LogP contribution < -0.4 is 10.6 Å². The molecule has 3 rings (SSSR count). The van der Waals surface area contributed by atoms with E-state index in [4.69, 9.17) is 21.3 Å². The number of nitrogens with zero attached hydrogens (tertiary/aromatic N) is 2. The van der Waals surface area contributed by atoms with Gasteiger partial charge in [-0.1, -0.05) is 29.4 Å². The standard InChI is InChI=1S/C23H27ClN4O3S/c1-14-10-15(12-17(11-14)26-19(29)18-7-6-16(24)13-25-18)23(5)8-9-32-20(28-23)27-21(30)31-22(2,3)4/h6-7,10-13H,8-9H2,1-5H3,(H,26,29)(H,27,28,30). The minimum Gasteiger partial charge on any atom is -0.444 e. The van der Waals surface area contributed by atoms with Crippen molar-refractivity contribution in [3.05, 3.63) is 58.4 Å². The maximum absolute atomic E-state index is 12.6. The highest BCUT2D eigenvalue weighted by molar-refractivity contribution is 8.13. The SMILES string of the molecule is Cc1cc(NC(=O)c2ccc(Cl)cn2)cc(C2(C)CCSC(NC(=O)OC(C)(C)C)=N2)c1. The van der Waals surface area contributed by atoms with E-state index in [1.54, 1.807) is 12.1 Å². The summed E-state index contributed by atoms with van der Waals surface area (Å²) in [6.45, 7) is 9.42. The molecule has 9 heteroatoms. The minimum atomic E-state index is -0.587. The molecule has 2 aromatic rings. The minimum absolute atomic E-state index is 0.277. The number of amidine groups is 1. The number of aliphatic imine (C=N–C) groups is 1. The number of carbonyl (C=O) groups is 2. The zero-order chi connectivity index (χ0) is 23.5. The lowest BCUT2D eigenvalue weighted by Crippen LogP contribution is -2.38. The largest absolute Gasteiger partial charge is 0.444 e. The molecule has 0 saturated heterocycles. The first-order valence-corrected chi connectivity index (χ1v) is 11.6. The molecule has 0 aliphatic carbocycles. The number of ether oxygens (including phenoxy) is 1. The third kappa shape index (κ3) is 6.46. The molecule has 1 aliphatic rings. The van der Waals surface area contributed by atoms with Crippen molar-refractivity contribution in [3.8, 4) is 0 Å². The first-order valence-electron chi connectivity index (χ1n) is 10.2. The summed E-state index contributed by atoms with van der Waals surface area (Å²) in [7, 11) is 0. The van der Waals surface area contributed by atoms with Crippen molar-refractivity contribution in [2.75, 3.05) is 11.1 Å². The van der Waals surface area contributed by atoms with Crippen LogP contribution in [-0.4, -0.2) is 33.5 Å². The molecule has 1 aromatic heterocycles. The van der Waals surface area contributed by atoms with Crippen LogP contribution in [0.2, 0.25) is 5.02 Å². The van der Waals surface area contributed by atoms with E-state index in [0.29, 0.717) is 15.9 Å². The van der Waals surface area contributed by atoms with E-state index in [2.05, 4.69) is 15.6 Å². The Morgan fingerprint density at radius 2 is 1.94 bits per heavy atom. The van der Waals surface area contributed by atoms with Gasteiger partial charge in [0, 0.05) is 17.6 Å². The molecule has 2 heterocycles. The quantitative estimate of drug-likeness (QED) is 0.610. The van der Waals surface area contributed by atoms with Crippen molar-refractivity contribution >= 4 is 46.2 Å². The van der Waals surface area contributed by atoms with Gasteiger partial charge in [0.25, 0.3) is 5.91 Å². The second kappa shape index (κ2) is 9.50. The predicted octanol–water partition coefficient (Wildman–Crippen LogP) is 5.53. The average molecular weight is 475 g/mol. The monoisotopic (exact) mass is 474 g/mol. The number of hydrogen-bond donors (Lipinski definition) is 2. The zero-order valence-corrected chi connectivity index (χ0v) is 20.4. The van der Waals surface area contributed by atoms with Gasteiger partial charge >= 0.3 is 6.09 Å². The normalized spacial score (nSPS) is 18.5. The van der Waals surface area contributed by atoms with Crippen molar-refractivity contribution in [2.45, 2.75) is 52.2 Å². The Morgan fingerprint density at radius 1 is 1.19 bits per heavy atom. The van der Waals surface area contributed by atoms with Crippen molar-refractivity contribution in [2.24, 2.45) is 4.99 Å². The van der Waals surface area contributed by atoms with Gasteiger partial charge in [-0.05, 0) is 76.4 Å². The van der Waals surface area contributed by atoms with E-state index >= 15 is 0 Å². The molecule has 32 heavy (non-hydrogen) atoms. The molecular weight excluding hydrogens is 448 g/mol. The maximum Gasteiger partial charge on any atom is 0.413 e. The zero-order valence-electron chi connectivity index (χ0n) is 18.8. The topological polar surface area (TPSA) is 92.7 Å². The second-order valence-electron chi connectivity index (χ2n) is 8.82. The number of rotatable bonds is 3. The van der Waals surface area contributed by atoms with Crippen LogP contribution in [0.25, 0.3) is 0 Å². The Kier molecular flexibility index (Phi) is 7.15. The van der Waals surface area contributed by atoms with Gasteiger partial charge in [-0.2, -0.15) is 0 Å². The summed E-state index contributed by atoms with van der Waals surface area (Å²) in [5, 5.41) is 6.63. The first kappa shape index (κ1) is 24.1. The number of pyridine rings is 1. The Labute approximate surface area is 197 Å². The van der Waals surface area contributed by atoms with E-state index in [1.807, 2.05) is 52.8 Å². The van der Waals surface area contributed by atoms with Crippen molar-refractivity contribution in [1.82, 2.24) is 10.3 Å². The summed E-state index contributed by atoms with van der Waals surface area (Å²) in [4.78, 5) is 33.6. The molecule has 0 fully saturated rings. The van der Waals surface area contributed by atoms with Crippen LogP contribution in [0.15, 0.2) is 41.5 Å². The van der Waals surface area contributed by atoms with E-state index in [0.717, 1.165) is 23.3 Å². The van der Waals surface area contributed by atoms with E-state index in [-0.39, 0.29) is 11.6 Å². The number of anilines is 1. The highest BCUT2D eigenvalue weighted by atomic mass is 35.5. The number of thioether (sulfide) groups is 1. The molecule has 2 amide bonds. The van der Waals surface area contributed by atoms with Gasteiger partial charge in [-0.15, -0.1) is 0 Å². The highest BCUT2D eigenvalue weighted by Crippen LogP contribution is 2.37. The molecule has 1 aliphatic heterocycles. The van der Waals surface area contributed by atoms with Gasteiger partial charge in [-0.25, -0.2) is 9.78 Å². The number of hydrogen-bond acceptors (Lipinski definition) is 6. The van der Waals surface area contributed by atoms with Crippen molar-refractivity contribution in [3.63, 3.8) is 0 Å². The smallest absolute Gasteiger partial charge is 0.413 e. The second-order valence-corrected chi connectivity index (χ2v) is 10.3. The molecule has 0 saturated carbocycles. The molecule has 0 radical (unpaired) electrons. The predicted molar refractivity (Wildman–Crippen MR) is 130 cm³/mol. The van der Waals surface area contributed by atoms with E-state index in [1.165, 1.54) is 18.0 Å². The molecule has 170 valence electrons. The lowest BCUT2D eigenvalue weighted by Gasteiger charge is -2.31. The van der Waals surface area contributed by atoms with Gasteiger partial charge < -0.3 is 10.1 Å². The third-order valence-electron chi connectivity index (χ3n) is 4.70. The van der Waals surface area contributed by atoms with Crippen molar-refractivity contribution < 1.29 is 14.3 Å². The fraction of sp³-hybridized carbons (Fsp3) is 0.391. The molecule has 2 N–H and O–H groups in total. The molecule has 1 unspecified atom stereocenters. The Balaban J connectivity index is 1.81. The van der Waals surface area contributed by atoms with E-state index < -0.39 is 17.2 Å². The summed E-state index contributed by atoms with van der Waals surface area (Å²) in [6.07, 6.45) is 1.69. The average Bonchev–Trinajstić information content (AvgIpc) is 2.66. The summed E-state index contributed by atoms with van der Waals surface area (Å²) >= 11 is 7.33. The van der Waals surface area contributed by atoms with Crippen LogP contribution in [0.5, 0.6) is 0 Å². The molecule has 0 spiro atoms. The molecule has 1 aromatic carbocycles. The molecular formula is C23H27ClN4O3S. The lowest BCUT2D eigenvalue weighted by molar-refractivity contribution is 0.0564. The van der Waals surface area contributed by atoms with Gasteiger partial charge in [0.05, 0.1) is 10.6 Å². The number of benzene rings is 1. The number of aromatic nitrogens is 1. The molecule has 1 atom stereocenters. The van der Waals surface area contributed by atoms with Crippen LogP contribution >= 0.6 is 23.4 Å². The summed E-state index contributed by atoms with van der Waals surface area (Å²) < 4.78 is 5.34. The van der Waals surface area contributed by atoms with Crippen LogP contribution in [0.3, 0.4) is 0 Å². The van der Waals surface area contributed by atoms with Gasteiger partial charge in [-0.3, -0.25) is 15.1 Å². The number of halogens is 1. The number of aryl methyl sites for hydroxylation is 1. The van der Waals surface area contributed by atoms with Crippen LogP contribution in [0.4, 0.5) is 10.5 Å². The Morgan fingerprint density at radius 3 is 2.59 bits per heavy atom. The summed E-state index contributed by atoms with van der Waals surface area (Å²) in [5.74, 6) is 0.466. The van der Waals surface area contributed by atoms with Crippen molar-refractivity contribution in [1.29, 1.82) is 0 Å². The van der Waals surface area contributed by atoms with E-state index in [9.17, 15) is 9.59 Å². The molecule has 7 nitrogen and oxygen atoms in total. The van der Waals surface area contributed by atoms with Gasteiger partial charge in [0.2, 0.25) is 0 Å². The summed E-state index contributed by atoms with van der Waals surface area (Å²) in [5.41, 5.74) is 1.71. The van der Waals surface area contributed by atoms with Gasteiger partial charge in [0.15, 0.2) is 5.17 Å². The fourth-order valence-corrected chi connectivity index (χ4v) is 4.42.